The van der Waals surface area contributed by atoms with Crippen LogP contribution in [0.3, 0.4) is 0 Å². The van der Waals surface area contributed by atoms with Crippen molar-refractivity contribution >= 4 is 23.4 Å². The standard InChI is InChI=1S/C17H18ClN3O2/c1-17(2)12-5-4-10(8-14(12)21(3)16(17)23)20-15(22)11-9-19-7-6-13(11)18/h4,6-9,12H,5H2,1-3H3,(H,20,22). The van der Waals surface area contributed by atoms with Crippen molar-refractivity contribution in [3.63, 3.8) is 0 Å². The number of allylic oxidation sites excluding steroid dienone is 3. The van der Waals surface area contributed by atoms with Crippen LogP contribution in [0.1, 0.15) is 30.6 Å². The molecule has 5 nitrogen and oxygen atoms in total. The molecule has 0 radical (unpaired) electrons. The first-order chi connectivity index (χ1) is 10.8. The molecule has 23 heavy (non-hydrogen) atoms. The first-order valence-electron chi connectivity index (χ1n) is 7.43. The summed E-state index contributed by atoms with van der Waals surface area (Å²) in [5.41, 5.74) is 1.53. The summed E-state index contributed by atoms with van der Waals surface area (Å²) in [7, 11) is 1.78. The van der Waals surface area contributed by atoms with Gasteiger partial charge in [-0.15, -0.1) is 0 Å². The Bertz CT molecular complexity index is 752. The number of hydrogen-bond donors (Lipinski definition) is 1. The highest BCUT2D eigenvalue weighted by molar-refractivity contribution is 6.33. The first-order valence-corrected chi connectivity index (χ1v) is 7.81. The molecular formula is C17H18ClN3O2. The summed E-state index contributed by atoms with van der Waals surface area (Å²) in [6.45, 7) is 3.92. The maximum atomic E-state index is 12.3. The minimum atomic E-state index is -0.417. The molecule has 0 aromatic carbocycles. The van der Waals surface area contributed by atoms with Crippen LogP contribution in [0.5, 0.6) is 0 Å². The molecule has 2 heterocycles. The molecule has 1 N–H and O–H groups in total. The molecule has 1 fully saturated rings. The van der Waals surface area contributed by atoms with Gasteiger partial charge in [0.15, 0.2) is 0 Å². The molecular weight excluding hydrogens is 314 g/mol. The maximum absolute atomic E-state index is 12.3. The summed E-state index contributed by atoms with van der Waals surface area (Å²) in [5, 5.41) is 3.19. The van der Waals surface area contributed by atoms with Crippen molar-refractivity contribution in [1.29, 1.82) is 0 Å². The van der Waals surface area contributed by atoms with E-state index >= 15 is 0 Å². The number of fused-ring (bicyclic) bond motifs is 1. The highest BCUT2D eigenvalue weighted by atomic mass is 35.5. The third kappa shape index (κ3) is 2.55. The lowest BCUT2D eigenvalue weighted by Crippen LogP contribution is -2.29. The van der Waals surface area contributed by atoms with Gasteiger partial charge in [-0.25, -0.2) is 0 Å². The zero-order valence-electron chi connectivity index (χ0n) is 13.3. The minimum Gasteiger partial charge on any atom is -0.322 e. The third-order valence-corrected chi connectivity index (χ3v) is 4.95. The van der Waals surface area contributed by atoms with Gasteiger partial charge in [-0.3, -0.25) is 14.6 Å². The lowest BCUT2D eigenvalue weighted by Gasteiger charge is -2.25. The number of likely N-dealkylation sites (tertiary alicyclic amines) is 1. The number of amides is 2. The lowest BCUT2D eigenvalue weighted by molar-refractivity contribution is -0.133. The average molecular weight is 332 g/mol. The van der Waals surface area contributed by atoms with Crippen molar-refractivity contribution in [1.82, 2.24) is 15.2 Å². The van der Waals surface area contributed by atoms with Gasteiger partial charge in [-0.2, -0.15) is 0 Å². The van der Waals surface area contributed by atoms with Gasteiger partial charge in [0.05, 0.1) is 16.0 Å². The monoisotopic (exact) mass is 331 g/mol. The zero-order valence-corrected chi connectivity index (χ0v) is 14.0. The van der Waals surface area contributed by atoms with Gasteiger partial charge in [0, 0.05) is 36.8 Å². The van der Waals surface area contributed by atoms with E-state index in [4.69, 9.17) is 11.6 Å². The normalized spacial score (nSPS) is 22.3. The molecule has 2 amide bonds. The van der Waals surface area contributed by atoms with Crippen LogP contribution in [0.15, 0.2) is 42.0 Å². The van der Waals surface area contributed by atoms with Crippen molar-refractivity contribution in [2.75, 3.05) is 7.05 Å². The summed E-state index contributed by atoms with van der Waals surface area (Å²) in [5.74, 6) is -0.0662. The molecule has 1 unspecified atom stereocenters. The van der Waals surface area contributed by atoms with E-state index in [1.807, 2.05) is 26.0 Å². The fourth-order valence-corrected chi connectivity index (χ4v) is 3.40. The van der Waals surface area contributed by atoms with Crippen molar-refractivity contribution < 1.29 is 9.59 Å². The molecule has 1 saturated heterocycles. The van der Waals surface area contributed by atoms with Gasteiger partial charge < -0.3 is 10.2 Å². The molecule has 120 valence electrons. The number of carbonyl (C=O) groups is 2. The van der Waals surface area contributed by atoms with E-state index in [1.165, 1.54) is 12.4 Å². The predicted octanol–water partition coefficient (Wildman–Crippen LogP) is 2.75. The second-order valence-electron chi connectivity index (χ2n) is 6.41. The number of hydrogen-bond acceptors (Lipinski definition) is 3. The molecule has 0 bridgehead atoms. The zero-order chi connectivity index (χ0) is 16.8. The smallest absolute Gasteiger partial charge is 0.258 e. The molecule has 3 rings (SSSR count). The summed E-state index contributed by atoms with van der Waals surface area (Å²) in [6.07, 6.45) is 7.50. The molecule has 1 aliphatic carbocycles. The lowest BCUT2D eigenvalue weighted by atomic mass is 9.76. The van der Waals surface area contributed by atoms with Crippen molar-refractivity contribution in [3.8, 4) is 0 Å². The van der Waals surface area contributed by atoms with Crippen LogP contribution in [-0.4, -0.2) is 28.7 Å². The highest BCUT2D eigenvalue weighted by Gasteiger charge is 2.49. The van der Waals surface area contributed by atoms with E-state index in [0.29, 0.717) is 22.7 Å². The summed E-state index contributed by atoms with van der Waals surface area (Å²) in [6, 6.07) is 1.58. The Labute approximate surface area is 140 Å². The van der Waals surface area contributed by atoms with Crippen LogP contribution < -0.4 is 5.32 Å². The minimum absolute atomic E-state index is 0.102. The Morgan fingerprint density at radius 2 is 2.22 bits per heavy atom. The van der Waals surface area contributed by atoms with Gasteiger partial charge in [0.2, 0.25) is 5.91 Å². The number of nitrogens with one attached hydrogen (secondary N) is 1. The first kappa shape index (κ1) is 15.7. The van der Waals surface area contributed by atoms with E-state index in [1.54, 1.807) is 18.0 Å². The van der Waals surface area contributed by atoms with E-state index in [0.717, 1.165) is 5.70 Å². The maximum Gasteiger partial charge on any atom is 0.258 e. The van der Waals surface area contributed by atoms with E-state index in [2.05, 4.69) is 10.3 Å². The summed E-state index contributed by atoms with van der Waals surface area (Å²) >= 11 is 6.02. The number of rotatable bonds is 2. The Morgan fingerprint density at radius 1 is 1.48 bits per heavy atom. The fraction of sp³-hybridized carbons (Fsp3) is 0.353. The number of nitrogens with zero attached hydrogens (tertiary/aromatic N) is 2. The van der Waals surface area contributed by atoms with E-state index in [9.17, 15) is 9.59 Å². The molecule has 1 aromatic heterocycles. The van der Waals surface area contributed by atoms with Gasteiger partial charge >= 0.3 is 0 Å². The third-order valence-electron chi connectivity index (χ3n) is 4.62. The van der Waals surface area contributed by atoms with E-state index < -0.39 is 5.41 Å². The van der Waals surface area contributed by atoms with Crippen molar-refractivity contribution in [2.24, 2.45) is 11.3 Å². The number of carbonyl (C=O) groups excluding carboxylic acids is 2. The Hall–Kier alpha value is -2.14. The quantitative estimate of drug-likeness (QED) is 0.906. The number of pyridine rings is 1. The van der Waals surface area contributed by atoms with Crippen molar-refractivity contribution in [3.05, 3.63) is 52.6 Å². The molecule has 1 aliphatic heterocycles. The largest absolute Gasteiger partial charge is 0.322 e. The van der Waals surface area contributed by atoms with Gasteiger partial charge in [-0.1, -0.05) is 31.5 Å². The topological polar surface area (TPSA) is 62.3 Å². The predicted molar refractivity (Wildman–Crippen MR) is 87.5 cm³/mol. The van der Waals surface area contributed by atoms with Gasteiger partial charge in [0.25, 0.3) is 5.91 Å². The summed E-state index contributed by atoms with van der Waals surface area (Å²) in [4.78, 5) is 30.3. The van der Waals surface area contributed by atoms with Crippen molar-refractivity contribution in [2.45, 2.75) is 20.3 Å². The van der Waals surface area contributed by atoms with E-state index in [-0.39, 0.29) is 17.7 Å². The van der Waals surface area contributed by atoms with Crippen LogP contribution in [0.4, 0.5) is 0 Å². The SMILES string of the molecule is CN1C(=O)C(C)(C)C2CC=C(NC(=O)c3cnccc3Cl)C=C21. The molecule has 0 saturated carbocycles. The fourth-order valence-electron chi connectivity index (χ4n) is 3.21. The molecule has 0 spiro atoms. The van der Waals surface area contributed by atoms with Crippen LogP contribution in [-0.2, 0) is 4.79 Å². The summed E-state index contributed by atoms with van der Waals surface area (Å²) < 4.78 is 0. The Morgan fingerprint density at radius 3 is 2.91 bits per heavy atom. The molecule has 1 aromatic rings. The van der Waals surface area contributed by atoms with Gasteiger partial charge in [0.1, 0.15) is 0 Å². The number of aromatic nitrogens is 1. The van der Waals surface area contributed by atoms with Crippen LogP contribution >= 0.6 is 11.6 Å². The molecule has 2 aliphatic rings. The van der Waals surface area contributed by atoms with Gasteiger partial charge in [-0.05, 0) is 18.6 Å². The average Bonchev–Trinajstić information content (AvgIpc) is 2.68. The molecule has 6 heteroatoms. The molecule has 1 atom stereocenters. The Balaban J connectivity index is 1.82. The highest BCUT2D eigenvalue weighted by Crippen LogP contribution is 2.46. The van der Waals surface area contributed by atoms with Crippen LogP contribution in [0, 0.1) is 11.3 Å². The number of halogens is 1. The van der Waals surface area contributed by atoms with Crippen LogP contribution in [0.25, 0.3) is 0 Å². The van der Waals surface area contributed by atoms with Crippen LogP contribution in [0.2, 0.25) is 5.02 Å². The Kier molecular flexibility index (Phi) is 3.76. The second-order valence-corrected chi connectivity index (χ2v) is 6.82. The second kappa shape index (κ2) is 5.49.